The Balaban J connectivity index is 1.81. The van der Waals surface area contributed by atoms with Crippen molar-refractivity contribution in [3.05, 3.63) is 21.9 Å². The Kier molecular flexibility index (Phi) is 3.99. The minimum atomic E-state index is -0.935. The van der Waals surface area contributed by atoms with Crippen molar-refractivity contribution in [2.75, 3.05) is 6.54 Å². The molecular weight excluding hydrogens is 288 g/mol. The fourth-order valence-corrected chi connectivity index (χ4v) is 4.32. The fourth-order valence-electron chi connectivity index (χ4n) is 3.42. The van der Waals surface area contributed by atoms with Gasteiger partial charge < -0.3 is 15.7 Å². The van der Waals surface area contributed by atoms with Gasteiger partial charge in [-0.2, -0.15) is 0 Å². The number of nitrogens with zero attached hydrogens (tertiary/aromatic N) is 1. The van der Waals surface area contributed by atoms with Gasteiger partial charge in [0.2, 0.25) is 5.91 Å². The van der Waals surface area contributed by atoms with Crippen LogP contribution in [0, 0.1) is 5.92 Å². The first-order valence-corrected chi connectivity index (χ1v) is 8.31. The summed E-state index contributed by atoms with van der Waals surface area (Å²) in [6.07, 6.45) is 4.02. The molecule has 1 unspecified atom stereocenters. The molecule has 0 saturated heterocycles. The molecule has 1 aromatic rings. The highest BCUT2D eigenvalue weighted by Crippen LogP contribution is 2.36. The number of carbonyl (C=O) groups is 2. The number of carboxylic acids is 1. The van der Waals surface area contributed by atoms with Crippen molar-refractivity contribution in [2.24, 2.45) is 11.7 Å². The standard InChI is InChI=1S/C15H20N2O3S/c16-10-3-1-9(2-4-10)14(18)17-7-5-12-11(6-8-21-12)13(17)15(19)20/h6,8-10,13H,1-5,7,16H2,(H,19,20). The van der Waals surface area contributed by atoms with Gasteiger partial charge in [0.15, 0.2) is 6.04 Å². The average molecular weight is 308 g/mol. The number of aliphatic carboxylic acids is 1. The summed E-state index contributed by atoms with van der Waals surface area (Å²) >= 11 is 1.58. The van der Waals surface area contributed by atoms with E-state index in [1.54, 1.807) is 16.2 Å². The topological polar surface area (TPSA) is 83.6 Å². The Labute approximate surface area is 127 Å². The Hall–Kier alpha value is -1.40. The van der Waals surface area contributed by atoms with E-state index in [0.717, 1.165) is 42.5 Å². The molecule has 1 fully saturated rings. The molecule has 1 saturated carbocycles. The lowest BCUT2D eigenvalue weighted by atomic mass is 9.84. The van der Waals surface area contributed by atoms with E-state index in [1.165, 1.54) is 0 Å². The Bertz CT molecular complexity index is 549. The first kappa shape index (κ1) is 14.5. The van der Waals surface area contributed by atoms with Gasteiger partial charge in [0.1, 0.15) is 0 Å². The lowest BCUT2D eigenvalue weighted by molar-refractivity contribution is -0.153. The van der Waals surface area contributed by atoms with Crippen LogP contribution >= 0.6 is 11.3 Å². The van der Waals surface area contributed by atoms with Crippen molar-refractivity contribution in [3.63, 3.8) is 0 Å². The molecular formula is C15H20N2O3S. The van der Waals surface area contributed by atoms with Crippen LogP contribution in [-0.2, 0) is 16.0 Å². The highest BCUT2D eigenvalue weighted by molar-refractivity contribution is 7.10. The normalized spacial score (nSPS) is 29.0. The maximum atomic E-state index is 12.7. The second-order valence-corrected chi connectivity index (χ2v) is 6.93. The highest BCUT2D eigenvalue weighted by atomic mass is 32.1. The van der Waals surface area contributed by atoms with E-state index in [4.69, 9.17) is 5.73 Å². The van der Waals surface area contributed by atoms with Crippen LogP contribution in [0.15, 0.2) is 11.4 Å². The zero-order valence-electron chi connectivity index (χ0n) is 11.8. The number of nitrogens with two attached hydrogens (primary N) is 1. The molecule has 3 N–H and O–H groups in total. The van der Waals surface area contributed by atoms with Gasteiger partial charge in [0.05, 0.1) is 0 Å². The van der Waals surface area contributed by atoms with Crippen molar-refractivity contribution in [1.82, 2.24) is 4.90 Å². The number of rotatable bonds is 2. The summed E-state index contributed by atoms with van der Waals surface area (Å²) in [7, 11) is 0. The van der Waals surface area contributed by atoms with E-state index in [-0.39, 0.29) is 17.9 Å². The molecule has 0 bridgehead atoms. The second kappa shape index (κ2) is 5.77. The molecule has 114 valence electrons. The number of carbonyl (C=O) groups excluding carboxylic acids is 1. The van der Waals surface area contributed by atoms with Gasteiger partial charge in [0, 0.05) is 23.4 Å². The molecule has 3 rings (SSSR count). The van der Waals surface area contributed by atoms with Crippen molar-refractivity contribution < 1.29 is 14.7 Å². The SMILES string of the molecule is NC1CCC(C(=O)N2CCc3sccc3C2C(=O)O)CC1. The Morgan fingerprint density at radius 1 is 1.29 bits per heavy atom. The molecule has 0 radical (unpaired) electrons. The summed E-state index contributed by atoms with van der Waals surface area (Å²) in [5, 5.41) is 11.5. The molecule has 1 aliphatic carbocycles. The van der Waals surface area contributed by atoms with Crippen molar-refractivity contribution in [1.29, 1.82) is 0 Å². The van der Waals surface area contributed by atoms with Crippen LogP contribution < -0.4 is 5.73 Å². The summed E-state index contributed by atoms with van der Waals surface area (Å²) < 4.78 is 0. The highest BCUT2D eigenvalue weighted by Gasteiger charge is 2.39. The summed E-state index contributed by atoms with van der Waals surface area (Å²) in [6, 6.07) is 1.21. The molecule has 6 heteroatoms. The van der Waals surface area contributed by atoms with Gasteiger partial charge in [-0.05, 0) is 49.1 Å². The number of hydrogen-bond donors (Lipinski definition) is 2. The number of thiophene rings is 1. The van der Waals surface area contributed by atoms with Crippen LogP contribution in [0.4, 0.5) is 0 Å². The van der Waals surface area contributed by atoms with Crippen molar-refractivity contribution >= 4 is 23.2 Å². The molecule has 1 amide bonds. The van der Waals surface area contributed by atoms with Crippen LogP contribution in [0.1, 0.15) is 42.2 Å². The smallest absolute Gasteiger partial charge is 0.331 e. The lowest BCUT2D eigenvalue weighted by Gasteiger charge is -2.37. The number of fused-ring (bicyclic) bond motifs is 1. The van der Waals surface area contributed by atoms with E-state index in [9.17, 15) is 14.7 Å². The quantitative estimate of drug-likeness (QED) is 0.872. The Morgan fingerprint density at radius 3 is 2.67 bits per heavy atom. The summed E-state index contributed by atoms with van der Waals surface area (Å²) in [4.78, 5) is 27.0. The van der Waals surface area contributed by atoms with Crippen molar-refractivity contribution in [2.45, 2.75) is 44.2 Å². The first-order chi connectivity index (χ1) is 10.1. The fraction of sp³-hybridized carbons (Fsp3) is 0.600. The number of carboxylic acid groups (broad SMARTS) is 1. The molecule has 1 atom stereocenters. The molecule has 0 spiro atoms. The molecule has 5 nitrogen and oxygen atoms in total. The van der Waals surface area contributed by atoms with Gasteiger partial charge in [-0.3, -0.25) is 4.79 Å². The van der Waals surface area contributed by atoms with E-state index in [2.05, 4.69) is 0 Å². The van der Waals surface area contributed by atoms with Crippen LogP contribution in [0.25, 0.3) is 0 Å². The maximum absolute atomic E-state index is 12.7. The zero-order valence-corrected chi connectivity index (χ0v) is 12.6. The van der Waals surface area contributed by atoms with Crippen LogP contribution in [0.3, 0.4) is 0 Å². The third-order valence-corrected chi connectivity index (χ3v) is 5.60. The molecule has 2 aliphatic rings. The first-order valence-electron chi connectivity index (χ1n) is 7.43. The van der Waals surface area contributed by atoms with Gasteiger partial charge >= 0.3 is 5.97 Å². The van der Waals surface area contributed by atoms with E-state index in [1.807, 2.05) is 11.4 Å². The van der Waals surface area contributed by atoms with Gasteiger partial charge in [0.25, 0.3) is 0 Å². The summed E-state index contributed by atoms with van der Waals surface area (Å²) in [6.45, 7) is 0.506. The summed E-state index contributed by atoms with van der Waals surface area (Å²) in [5.41, 5.74) is 6.67. The largest absolute Gasteiger partial charge is 0.479 e. The van der Waals surface area contributed by atoms with Gasteiger partial charge in [-0.15, -0.1) is 11.3 Å². The zero-order chi connectivity index (χ0) is 15.0. The predicted molar refractivity (Wildman–Crippen MR) is 80.0 cm³/mol. The van der Waals surface area contributed by atoms with E-state index < -0.39 is 12.0 Å². The predicted octanol–water partition coefficient (Wildman–Crippen LogP) is 1.78. The lowest BCUT2D eigenvalue weighted by Crippen LogP contribution is -2.46. The van der Waals surface area contributed by atoms with Crippen LogP contribution in [0.5, 0.6) is 0 Å². The molecule has 1 aromatic heterocycles. The molecule has 2 heterocycles. The maximum Gasteiger partial charge on any atom is 0.331 e. The van der Waals surface area contributed by atoms with Crippen molar-refractivity contribution in [3.8, 4) is 0 Å². The van der Waals surface area contributed by atoms with E-state index in [0.29, 0.717) is 6.54 Å². The Morgan fingerprint density at radius 2 is 2.00 bits per heavy atom. The van der Waals surface area contributed by atoms with Gasteiger partial charge in [-0.1, -0.05) is 0 Å². The van der Waals surface area contributed by atoms with E-state index >= 15 is 0 Å². The molecule has 21 heavy (non-hydrogen) atoms. The average Bonchev–Trinajstić information content (AvgIpc) is 2.94. The molecule has 1 aliphatic heterocycles. The minimum absolute atomic E-state index is 0.00819. The van der Waals surface area contributed by atoms with Gasteiger partial charge in [-0.25, -0.2) is 4.79 Å². The number of hydrogen-bond acceptors (Lipinski definition) is 4. The number of amides is 1. The summed E-state index contributed by atoms with van der Waals surface area (Å²) in [5.74, 6) is -1.01. The van der Waals surface area contributed by atoms with Crippen LogP contribution in [0.2, 0.25) is 0 Å². The van der Waals surface area contributed by atoms with Crippen LogP contribution in [-0.4, -0.2) is 34.5 Å². The minimum Gasteiger partial charge on any atom is -0.479 e. The monoisotopic (exact) mass is 308 g/mol. The second-order valence-electron chi connectivity index (χ2n) is 5.93. The third kappa shape index (κ3) is 2.70. The third-order valence-electron chi connectivity index (χ3n) is 4.60. The molecule has 0 aromatic carbocycles.